The molecule has 0 saturated carbocycles. The number of pyridine rings is 1. The molecular formula is C30H33N5O3S. The van der Waals surface area contributed by atoms with E-state index < -0.39 is 17.4 Å². The SMILES string of the molecule is CSc1ccc(-n2c(-c3ccc(C)cc3)cc(=O)n(CC(O)CN3CCN(c4ccccn4)CC3)c2=O)cc1. The van der Waals surface area contributed by atoms with Gasteiger partial charge in [-0.25, -0.2) is 9.78 Å². The lowest BCUT2D eigenvalue weighted by Crippen LogP contribution is -2.50. The van der Waals surface area contributed by atoms with E-state index in [1.54, 1.807) is 22.5 Å². The van der Waals surface area contributed by atoms with Crippen molar-refractivity contribution in [3.63, 3.8) is 0 Å². The molecule has 1 atom stereocenters. The van der Waals surface area contributed by atoms with Crippen LogP contribution in [0.5, 0.6) is 0 Å². The van der Waals surface area contributed by atoms with Gasteiger partial charge >= 0.3 is 5.69 Å². The number of thioether (sulfide) groups is 1. The summed E-state index contributed by atoms with van der Waals surface area (Å²) in [6.45, 7) is 5.43. The second kappa shape index (κ2) is 12.0. The van der Waals surface area contributed by atoms with Gasteiger partial charge in [0.15, 0.2) is 0 Å². The third-order valence-corrected chi connectivity index (χ3v) is 7.82. The van der Waals surface area contributed by atoms with Crippen molar-refractivity contribution >= 4 is 17.6 Å². The maximum absolute atomic E-state index is 13.8. The van der Waals surface area contributed by atoms with Crippen molar-refractivity contribution < 1.29 is 5.11 Å². The quantitative estimate of drug-likeness (QED) is 0.342. The summed E-state index contributed by atoms with van der Waals surface area (Å²) in [6, 6.07) is 22.8. The number of benzene rings is 2. The van der Waals surface area contributed by atoms with E-state index in [1.807, 2.05) is 79.9 Å². The zero-order valence-electron chi connectivity index (χ0n) is 22.2. The van der Waals surface area contributed by atoms with Crippen molar-refractivity contribution in [2.45, 2.75) is 24.5 Å². The van der Waals surface area contributed by atoms with Crippen molar-refractivity contribution in [2.24, 2.45) is 0 Å². The highest BCUT2D eigenvalue weighted by molar-refractivity contribution is 7.98. The van der Waals surface area contributed by atoms with E-state index in [2.05, 4.69) is 14.8 Å². The van der Waals surface area contributed by atoms with Crippen LogP contribution in [0.3, 0.4) is 0 Å². The highest BCUT2D eigenvalue weighted by atomic mass is 32.2. The van der Waals surface area contributed by atoms with Gasteiger partial charge in [0.2, 0.25) is 0 Å². The van der Waals surface area contributed by atoms with E-state index in [4.69, 9.17) is 0 Å². The molecule has 1 aliphatic rings. The molecule has 2 aromatic heterocycles. The van der Waals surface area contributed by atoms with Crippen LogP contribution in [-0.2, 0) is 6.54 Å². The summed E-state index contributed by atoms with van der Waals surface area (Å²) in [5, 5.41) is 11.0. The van der Waals surface area contributed by atoms with Crippen molar-refractivity contribution in [1.82, 2.24) is 19.0 Å². The Kier molecular flexibility index (Phi) is 8.30. The normalized spacial score (nSPS) is 14.9. The molecule has 39 heavy (non-hydrogen) atoms. The smallest absolute Gasteiger partial charge is 0.336 e. The molecule has 8 nitrogen and oxygen atoms in total. The standard InChI is InChI=1S/C30H33N5O3S/c1-22-6-8-23(9-7-22)27-19-29(37)34(30(38)35(27)24-10-12-26(39-2)13-11-24)21-25(36)20-32-15-17-33(18-16-32)28-5-3-4-14-31-28/h3-14,19,25,36H,15-18,20-21H2,1-2H3. The first-order chi connectivity index (χ1) is 18.9. The van der Waals surface area contributed by atoms with Crippen LogP contribution in [0, 0.1) is 6.92 Å². The second-order valence-electron chi connectivity index (χ2n) is 9.79. The predicted octanol–water partition coefficient (Wildman–Crippen LogP) is 3.27. The highest BCUT2D eigenvalue weighted by Crippen LogP contribution is 2.23. The van der Waals surface area contributed by atoms with Crippen LogP contribution in [0.25, 0.3) is 16.9 Å². The van der Waals surface area contributed by atoms with Gasteiger partial charge in [-0.3, -0.25) is 18.8 Å². The molecule has 0 spiro atoms. The number of aliphatic hydroxyl groups excluding tert-OH is 1. The van der Waals surface area contributed by atoms with Gasteiger partial charge in [0.05, 0.1) is 24.0 Å². The Morgan fingerprint density at radius 2 is 1.64 bits per heavy atom. The molecule has 0 amide bonds. The Bertz CT molecular complexity index is 1510. The lowest BCUT2D eigenvalue weighted by molar-refractivity contribution is 0.0928. The topological polar surface area (TPSA) is 83.6 Å². The van der Waals surface area contributed by atoms with Crippen LogP contribution in [-0.4, -0.2) is 69.2 Å². The highest BCUT2D eigenvalue weighted by Gasteiger charge is 2.22. The van der Waals surface area contributed by atoms with E-state index in [-0.39, 0.29) is 6.54 Å². The summed E-state index contributed by atoms with van der Waals surface area (Å²) in [4.78, 5) is 36.9. The molecule has 0 radical (unpaired) electrons. The Morgan fingerprint density at radius 1 is 0.923 bits per heavy atom. The summed E-state index contributed by atoms with van der Waals surface area (Å²) < 4.78 is 2.71. The van der Waals surface area contributed by atoms with E-state index in [0.29, 0.717) is 17.9 Å². The van der Waals surface area contributed by atoms with Crippen LogP contribution >= 0.6 is 11.8 Å². The number of anilines is 1. The Labute approximate surface area is 232 Å². The molecule has 2 aromatic carbocycles. The largest absolute Gasteiger partial charge is 0.390 e. The van der Waals surface area contributed by atoms with E-state index in [1.165, 1.54) is 6.07 Å². The number of piperazine rings is 1. The van der Waals surface area contributed by atoms with Gasteiger partial charge < -0.3 is 10.0 Å². The monoisotopic (exact) mass is 543 g/mol. The Hall–Kier alpha value is -3.66. The molecule has 3 heterocycles. The lowest BCUT2D eigenvalue weighted by atomic mass is 10.1. The number of aromatic nitrogens is 3. The van der Waals surface area contributed by atoms with Gasteiger partial charge in [0.1, 0.15) is 5.82 Å². The fourth-order valence-electron chi connectivity index (χ4n) is 4.93. The van der Waals surface area contributed by atoms with Gasteiger partial charge in [0.25, 0.3) is 5.56 Å². The maximum Gasteiger partial charge on any atom is 0.336 e. The van der Waals surface area contributed by atoms with E-state index >= 15 is 0 Å². The summed E-state index contributed by atoms with van der Waals surface area (Å²) in [5.74, 6) is 0.948. The first kappa shape index (κ1) is 26.9. The minimum absolute atomic E-state index is 0.0742. The van der Waals surface area contributed by atoms with Crippen LogP contribution in [0.1, 0.15) is 5.56 Å². The third kappa shape index (κ3) is 6.16. The molecule has 1 unspecified atom stereocenters. The van der Waals surface area contributed by atoms with E-state index in [0.717, 1.165) is 52.6 Å². The summed E-state index contributed by atoms with van der Waals surface area (Å²) in [6.07, 6.45) is 2.92. The van der Waals surface area contributed by atoms with Crippen molar-refractivity contribution in [3.05, 3.63) is 105 Å². The lowest BCUT2D eigenvalue weighted by Gasteiger charge is -2.36. The molecule has 1 fully saturated rings. The molecule has 4 aromatic rings. The molecular weight excluding hydrogens is 510 g/mol. The molecule has 0 aliphatic carbocycles. The van der Waals surface area contributed by atoms with Crippen LogP contribution in [0.4, 0.5) is 5.82 Å². The second-order valence-corrected chi connectivity index (χ2v) is 10.7. The average Bonchev–Trinajstić information content (AvgIpc) is 2.96. The minimum atomic E-state index is -0.866. The number of hydrogen-bond donors (Lipinski definition) is 1. The Balaban J connectivity index is 1.39. The van der Waals surface area contributed by atoms with Gasteiger partial charge in [-0.2, -0.15) is 0 Å². The molecule has 9 heteroatoms. The average molecular weight is 544 g/mol. The number of β-amino-alcohol motifs (C(OH)–C–C–N with tert-alkyl or cyclic N) is 1. The fourth-order valence-corrected chi connectivity index (χ4v) is 5.34. The minimum Gasteiger partial charge on any atom is -0.390 e. The number of nitrogens with zero attached hydrogens (tertiary/aromatic N) is 5. The van der Waals surface area contributed by atoms with Gasteiger partial charge in [-0.1, -0.05) is 35.9 Å². The summed E-state index contributed by atoms with van der Waals surface area (Å²) in [5.41, 5.74) is 2.18. The van der Waals surface area contributed by atoms with Crippen LogP contribution in [0.15, 0.2) is 93.5 Å². The summed E-state index contributed by atoms with van der Waals surface area (Å²) in [7, 11) is 0. The Morgan fingerprint density at radius 3 is 2.28 bits per heavy atom. The number of hydrogen-bond acceptors (Lipinski definition) is 7. The number of rotatable bonds is 8. The van der Waals surface area contributed by atoms with E-state index in [9.17, 15) is 14.7 Å². The number of aryl methyl sites for hydroxylation is 1. The first-order valence-corrected chi connectivity index (χ1v) is 14.3. The molecule has 1 N–H and O–H groups in total. The molecule has 5 rings (SSSR count). The van der Waals surface area contributed by atoms with Crippen molar-refractivity contribution in [2.75, 3.05) is 43.9 Å². The van der Waals surface area contributed by atoms with Crippen molar-refractivity contribution in [3.8, 4) is 16.9 Å². The molecule has 202 valence electrons. The number of aliphatic hydroxyl groups is 1. The third-order valence-electron chi connectivity index (χ3n) is 7.08. The van der Waals surface area contributed by atoms with Crippen LogP contribution in [0.2, 0.25) is 0 Å². The van der Waals surface area contributed by atoms with Crippen LogP contribution < -0.4 is 16.1 Å². The molecule has 1 saturated heterocycles. The summed E-state index contributed by atoms with van der Waals surface area (Å²) >= 11 is 1.62. The predicted molar refractivity (Wildman–Crippen MR) is 157 cm³/mol. The molecule has 1 aliphatic heterocycles. The van der Waals surface area contributed by atoms with Gasteiger partial charge in [-0.05, 0) is 55.1 Å². The molecule has 0 bridgehead atoms. The zero-order valence-corrected chi connectivity index (χ0v) is 23.1. The van der Waals surface area contributed by atoms with Crippen molar-refractivity contribution in [1.29, 1.82) is 0 Å². The first-order valence-electron chi connectivity index (χ1n) is 13.1. The van der Waals surface area contributed by atoms with Gasteiger partial charge in [-0.15, -0.1) is 11.8 Å². The zero-order chi connectivity index (χ0) is 27.4. The maximum atomic E-state index is 13.8. The van der Waals surface area contributed by atoms with Gasteiger partial charge in [0, 0.05) is 49.9 Å². The fraction of sp³-hybridized carbons (Fsp3) is 0.300.